The third-order valence-corrected chi connectivity index (χ3v) is 8.32. The fraction of sp³-hybridized carbons (Fsp3) is 0.267. The first-order chi connectivity index (χ1) is 18.6. The molecule has 2 aliphatic heterocycles. The third-order valence-electron chi connectivity index (χ3n) is 7.17. The van der Waals surface area contributed by atoms with Crippen molar-refractivity contribution >= 4 is 39.0 Å². The Labute approximate surface area is 225 Å². The Hall–Kier alpha value is -3.88. The van der Waals surface area contributed by atoms with Crippen molar-refractivity contribution in [2.75, 3.05) is 25.0 Å². The predicted molar refractivity (Wildman–Crippen MR) is 149 cm³/mol. The van der Waals surface area contributed by atoms with Crippen molar-refractivity contribution in [1.29, 1.82) is 0 Å². The summed E-state index contributed by atoms with van der Waals surface area (Å²) in [6.07, 6.45) is 0.472. The zero-order chi connectivity index (χ0) is 26.2. The number of anilines is 1. The van der Waals surface area contributed by atoms with E-state index < -0.39 is 12.1 Å². The number of thiophene rings is 1. The lowest BCUT2D eigenvalue weighted by molar-refractivity contribution is 0.0730. The number of hydrogen-bond acceptors (Lipinski definition) is 7. The molecule has 0 radical (unpaired) electrons. The number of nitrogens with zero attached hydrogens (tertiary/aromatic N) is 1. The maximum atomic E-state index is 13.2. The van der Waals surface area contributed by atoms with Crippen LogP contribution in [-0.2, 0) is 13.0 Å². The van der Waals surface area contributed by atoms with Gasteiger partial charge >= 0.3 is 5.97 Å². The van der Waals surface area contributed by atoms with Crippen LogP contribution < -0.4 is 20.1 Å². The molecule has 8 heteroatoms. The number of carbonyl (C=O) groups is 2. The highest BCUT2D eigenvalue weighted by Crippen LogP contribution is 2.41. The summed E-state index contributed by atoms with van der Waals surface area (Å²) in [5.41, 5.74) is 3.26. The van der Waals surface area contributed by atoms with Crippen LogP contribution in [0.2, 0.25) is 0 Å². The van der Waals surface area contributed by atoms with E-state index in [1.54, 1.807) is 23.5 Å². The zero-order valence-electron chi connectivity index (χ0n) is 21.4. The summed E-state index contributed by atoms with van der Waals surface area (Å²) in [7, 11) is 0. The number of esters is 1. The standard InChI is InChI=1S/C30H29N3O4S/c1-3-33-15-14-22-25(17-33)38-29-26(22)28(34)31-27(32-29)19-12-13-23(24(16-19)36-4-2)37-30(35)21-11-7-9-18-8-5-6-10-20(18)21/h5-13,16,27,32H,3-4,14-15,17H2,1-2H3,(H,31,34). The summed E-state index contributed by atoms with van der Waals surface area (Å²) in [5, 5.41) is 9.33. The van der Waals surface area contributed by atoms with E-state index in [1.165, 1.54) is 10.4 Å². The molecule has 4 aromatic rings. The summed E-state index contributed by atoms with van der Waals surface area (Å²) in [5.74, 6) is 0.275. The van der Waals surface area contributed by atoms with Crippen LogP contribution in [0, 0.1) is 0 Å². The Morgan fingerprint density at radius 3 is 2.74 bits per heavy atom. The lowest BCUT2D eigenvalue weighted by Gasteiger charge is -2.28. The van der Waals surface area contributed by atoms with Crippen LogP contribution in [0.15, 0.2) is 60.7 Å². The predicted octanol–water partition coefficient (Wildman–Crippen LogP) is 5.75. The Morgan fingerprint density at radius 1 is 1.05 bits per heavy atom. The van der Waals surface area contributed by atoms with Gasteiger partial charge in [0, 0.05) is 18.0 Å². The minimum atomic E-state index is -0.450. The van der Waals surface area contributed by atoms with E-state index in [0.717, 1.165) is 53.0 Å². The van der Waals surface area contributed by atoms with Gasteiger partial charge < -0.3 is 20.1 Å². The van der Waals surface area contributed by atoms with Crippen molar-refractivity contribution in [1.82, 2.24) is 10.2 Å². The highest BCUT2D eigenvalue weighted by Gasteiger charge is 2.33. The first-order valence-electron chi connectivity index (χ1n) is 13.0. The molecule has 0 aliphatic carbocycles. The van der Waals surface area contributed by atoms with Gasteiger partial charge in [-0.2, -0.15) is 0 Å². The van der Waals surface area contributed by atoms with Gasteiger partial charge in [0.05, 0.1) is 17.7 Å². The molecular weight excluding hydrogens is 498 g/mol. The van der Waals surface area contributed by atoms with Crippen LogP contribution in [0.3, 0.4) is 0 Å². The minimum Gasteiger partial charge on any atom is -0.490 e. The average Bonchev–Trinajstić information content (AvgIpc) is 3.31. The highest BCUT2D eigenvalue weighted by atomic mass is 32.1. The van der Waals surface area contributed by atoms with Crippen LogP contribution in [0.25, 0.3) is 10.8 Å². The summed E-state index contributed by atoms with van der Waals surface area (Å²) >= 11 is 1.67. The van der Waals surface area contributed by atoms with Crippen molar-refractivity contribution in [2.24, 2.45) is 0 Å². The summed E-state index contributed by atoms with van der Waals surface area (Å²) in [6.45, 7) is 7.31. The highest BCUT2D eigenvalue weighted by molar-refractivity contribution is 7.16. The van der Waals surface area contributed by atoms with Crippen molar-refractivity contribution < 1.29 is 19.1 Å². The van der Waals surface area contributed by atoms with Crippen molar-refractivity contribution in [3.63, 3.8) is 0 Å². The van der Waals surface area contributed by atoms with Gasteiger partial charge in [0.15, 0.2) is 11.5 Å². The molecule has 0 spiro atoms. The lowest BCUT2D eigenvalue weighted by atomic mass is 10.0. The second-order valence-corrected chi connectivity index (χ2v) is 10.5. The molecule has 2 N–H and O–H groups in total. The molecule has 38 heavy (non-hydrogen) atoms. The molecule has 6 rings (SSSR count). The molecular formula is C30H29N3O4S. The van der Waals surface area contributed by atoms with Gasteiger partial charge in [-0.15, -0.1) is 11.3 Å². The largest absolute Gasteiger partial charge is 0.490 e. The molecule has 1 amide bonds. The molecule has 3 heterocycles. The van der Waals surface area contributed by atoms with Gasteiger partial charge in [-0.1, -0.05) is 49.4 Å². The number of nitrogens with one attached hydrogen (secondary N) is 2. The molecule has 0 saturated carbocycles. The number of amides is 1. The molecule has 194 valence electrons. The average molecular weight is 528 g/mol. The molecule has 0 saturated heterocycles. The maximum absolute atomic E-state index is 13.2. The number of benzene rings is 3. The van der Waals surface area contributed by atoms with E-state index in [2.05, 4.69) is 22.5 Å². The summed E-state index contributed by atoms with van der Waals surface area (Å²) in [4.78, 5) is 30.0. The zero-order valence-corrected chi connectivity index (χ0v) is 22.2. The van der Waals surface area contributed by atoms with Gasteiger partial charge in [-0.25, -0.2) is 4.79 Å². The van der Waals surface area contributed by atoms with Crippen molar-refractivity contribution in [3.05, 3.63) is 87.8 Å². The Balaban J connectivity index is 1.26. The second-order valence-electron chi connectivity index (χ2n) is 9.43. The van der Waals surface area contributed by atoms with Gasteiger partial charge in [-0.3, -0.25) is 9.69 Å². The Kier molecular flexibility index (Phi) is 6.51. The fourth-order valence-corrected chi connectivity index (χ4v) is 6.54. The molecule has 1 unspecified atom stereocenters. The van der Waals surface area contributed by atoms with E-state index in [0.29, 0.717) is 23.7 Å². The van der Waals surface area contributed by atoms with Gasteiger partial charge in [0.2, 0.25) is 0 Å². The lowest BCUT2D eigenvalue weighted by Crippen LogP contribution is -2.38. The summed E-state index contributed by atoms with van der Waals surface area (Å²) < 4.78 is 11.7. The molecule has 1 aromatic heterocycles. The molecule has 0 fully saturated rings. The normalized spacial score (nSPS) is 16.8. The van der Waals surface area contributed by atoms with Crippen LogP contribution in [0.5, 0.6) is 11.5 Å². The second kappa shape index (κ2) is 10.1. The quantitative estimate of drug-likeness (QED) is 0.246. The molecule has 3 aromatic carbocycles. The number of hydrogen-bond donors (Lipinski definition) is 2. The molecule has 0 bridgehead atoms. The van der Waals surface area contributed by atoms with E-state index in [-0.39, 0.29) is 5.91 Å². The van der Waals surface area contributed by atoms with Crippen LogP contribution in [-0.4, -0.2) is 36.5 Å². The van der Waals surface area contributed by atoms with Gasteiger partial charge in [0.1, 0.15) is 11.2 Å². The Morgan fingerprint density at radius 2 is 1.89 bits per heavy atom. The molecule has 7 nitrogen and oxygen atoms in total. The van der Waals surface area contributed by atoms with Crippen molar-refractivity contribution in [3.8, 4) is 11.5 Å². The van der Waals surface area contributed by atoms with Gasteiger partial charge in [0.25, 0.3) is 5.91 Å². The first kappa shape index (κ1) is 24.5. The summed E-state index contributed by atoms with van der Waals surface area (Å²) in [6, 6.07) is 18.7. The number of likely N-dealkylation sites (N-methyl/N-ethyl adjacent to an activating group) is 1. The van der Waals surface area contributed by atoms with Crippen LogP contribution in [0.1, 0.15) is 56.7 Å². The van der Waals surface area contributed by atoms with Crippen LogP contribution in [0.4, 0.5) is 5.00 Å². The first-order valence-corrected chi connectivity index (χ1v) is 13.8. The van der Waals surface area contributed by atoms with Gasteiger partial charge in [-0.05, 0) is 60.0 Å². The minimum absolute atomic E-state index is 0.0596. The topological polar surface area (TPSA) is 79.9 Å². The maximum Gasteiger partial charge on any atom is 0.344 e. The number of carbonyl (C=O) groups excluding carboxylic acids is 2. The SMILES string of the molecule is CCOc1cc(C2NC(=O)c3c(sc4c3CCN(CC)C4)N2)ccc1OC(=O)c1cccc2ccccc12. The fourth-order valence-electron chi connectivity index (χ4n) is 5.22. The number of fused-ring (bicyclic) bond motifs is 4. The van der Waals surface area contributed by atoms with E-state index in [9.17, 15) is 9.59 Å². The van der Waals surface area contributed by atoms with E-state index in [4.69, 9.17) is 9.47 Å². The van der Waals surface area contributed by atoms with E-state index in [1.807, 2.05) is 55.5 Å². The van der Waals surface area contributed by atoms with E-state index >= 15 is 0 Å². The monoisotopic (exact) mass is 527 g/mol. The molecule has 1 atom stereocenters. The van der Waals surface area contributed by atoms with Crippen molar-refractivity contribution in [2.45, 2.75) is 33.0 Å². The number of ether oxygens (including phenoxy) is 2. The molecule has 2 aliphatic rings. The third kappa shape index (κ3) is 4.40. The smallest absolute Gasteiger partial charge is 0.344 e. The van der Waals surface area contributed by atoms with Crippen LogP contribution >= 0.6 is 11.3 Å². The Bertz CT molecular complexity index is 1540. The number of rotatable bonds is 6.